The molecule has 88 valence electrons. The van der Waals surface area contributed by atoms with Crippen LogP contribution in [0.15, 0.2) is 24.3 Å². The van der Waals surface area contributed by atoms with Crippen LogP contribution in [0, 0.1) is 12.8 Å². The van der Waals surface area contributed by atoms with Gasteiger partial charge in [-0.1, -0.05) is 29.8 Å². The highest BCUT2D eigenvalue weighted by Crippen LogP contribution is 2.28. The molecule has 2 unspecified atom stereocenters. The zero-order valence-corrected chi connectivity index (χ0v) is 10.1. The Kier molecular flexibility index (Phi) is 3.97. The average molecular weight is 218 g/mol. The van der Waals surface area contributed by atoms with Crippen LogP contribution in [0.5, 0.6) is 0 Å². The lowest BCUT2D eigenvalue weighted by molar-refractivity contribution is 0.325. The molecule has 0 saturated carbocycles. The molecule has 16 heavy (non-hydrogen) atoms. The number of hydrogen-bond donors (Lipinski definition) is 2. The highest BCUT2D eigenvalue weighted by Gasteiger charge is 2.23. The third-order valence-corrected chi connectivity index (χ3v) is 3.66. The standard InChI is InChI=1S/C14H22N2/c1-11-4-6-12(7-5-11)14(9-15)13-3-2-8-16-10-13/h4-7,13-14,16H,2-3,8-10,15H2,1H3. The molecule has 1 aromatic carbocycles. The van der Waals surface area contributed by atoms with Gasteiger partial charge in [0.25, 0.3) is 0 Å². The molecule has 1 fully saturated rings. The van der Waals surface area contributed by atoms with Crippen molar-refractivity contribution in [2.75, 3.05) is 19.6 Å². The summed E-state index contributed by atoms with van der Waals surface area (Å²) in [5, 5.41) is 3.48. The van der Waals surface area contributed by atoms with Gasteiger partial charge in [-0.05, 0) is 50.9 Å². The molecular formula is C14H22N2. The van der Waals surface area contributed by atoms with Gasteiger partial charge in [-0.25, -0.2) is 0 Å². The topological polar surface area (TPSA) is 38.0 Å². The first-order valence-corrected chi connectivity index (χ1v) is 6.28. The fourth-order valence-corrected chi connectivity index (χ4v) is 2.64. The van der Waals surface area contributed by atoms with Gasteiger partial charge < -0.3 is 11.1 Å². The van der Waals surface area contributed by atoms with Crippen molar-refractivity contribution < 1.29 is 0 Å². The van der Waals surface area contributed by atoms with Crippen molar-refractivity contribution in [3.8, 4) is 0 Å². The second-order valence-corrected chi connectivity index (χ2v) is 4.86. The Morgan fingerprint density at radius 3 is 2.69 bits per heavy atom. The molecule has 0 radical (unpaired) electrons. The fourth-order valence-electron chi connectivity index (χ4n) is 2.64. The predicted molar refractivity (Wildman–Crippen MR) is 68.6 cm³/mol. The molecule has 0 spiro atoms. The van der Waals surface area contributed by atoms with Crippen molar-refractivity contribution in [3.05, 3.63) is 35.4 Å². The third kappa shape index (κ3) is 2.63. The van der Waals surface area contributed by atoms with Crippen LogP contribution in [0.2, 0.25) is 0 Å². The molecule has 0 aromatic heterocycles. The first-order valence-electron chi connectivity index (χ1n) is 6.28. The van der Waals surface area contributed by atoms with Gasteiger partial charge in [-0.15, -0.1) is 0 Å². The second-order valence-electron chi connectivity index (χ2n) is 4.86. The smallest absolute Gasteiger partial charge is 0.000156 e. The molecule has 1 heterocycles. The van der Waals surface area contributed by atoms with E-state index in [9.17, 15) is 0 Å². The first kappa shape index (κ1) is 11.6. The highest BCUT2D eigenvalue weighted by molar-refractivity contribution is 5.25. The van der Waals surface area contributed by atoms with E-state index in [0.717, 1.165) is 13.1 Å². The van der Waals surface area contributed by atoms with E-state index in [1.54, 1.807) is 0 Å². The molecule has 0 aliphatic carbocycles. The Morgan fingerprint density at radius 2 is 2.12 bits per heavy atom. The van der Waals surface area contributed by atoms with Crippen LogP contribution in [0.3, 0.4) is 0 Å². The number of piperidine rings is 1. The van der Waals surface area contributed by atoms with Gasteiger partial charge in [0.15, 0.2) is 0 Å². The molecule has 2 rings (SSSR count). The Hall–Kier alpha value is -0.860. The van der Waals surface area contributed by atoms with E-state index < -0.39 is 0 Å². The molecule has 2 nitrogen and oxygen atoms in total. The molecule has 1 saturated heterocycles. The predicted octanol–water partition coefficient (Wildman–Crippen LogP) is 2.04. The molecule has 0 amide bonds. The van der Waals surface area contributed by atoms with Crippen LogP contribution in [0.25, 0.3) is 0 Å². The van der Waals surface area contributed by atoms with Gasteiger partial charge in [0.2, 0.25) is 0 Å². The number of nitrogens with one attached hydrogen (secondary N) is 1. The Balaban J connectivity index is 2.11. The molecule has 2 atom stereocenters. The summed E-state index contributed by atoms with van der Waals surface area (Å²) in [6, 6.07) is 8.85. The van der Waals surface area contributed by atoms with Gasteiger partial charge in [-0.3, -0.25) is 0 Å². The number of benzene rings is 1. The van der Waals surface area contributed by atoms with E-state index in [1.807, 2.05) is 0 Å². The maximum atomic E-state index is 5.95. The summed E-state index contributed by atoms with van der Waals surface area (Å²) in [5.74, 6) is 1.23. The molecule has 1 aliphatic heterocycles. The van der Waals surface area contributed by atoms with Crippen molar-refractivity contribution in [3.63, 3.8) is 0 Å². The minimum Gasteiger partial charge on any atom is -0.330 e. The van der Waals surface area contributed by atoms with Crippen molar-refractivity contribution in [1.82, 2.24) is 5.32 Å². The zero-order valence-electron chi connectivity index (χ0n) is 10.1. The summed E-state index contributed by atoms with van der Waals surface area (Å²) >= 11 is 0. The summed E-state index contributed by atoms with van der Waals surface area (Å²) < 4.78 is 0. The third-order valence-electron chi connectivity index (χ3n) is 3.66. The van der Waals surface area contributed by atoms with Crippen LogP contribution in [0.1, 0.15) is 29.9 Å². The summed E-state index contributed by atoms with van der Waals surface area (Å²) in [4.78, 5) is 0. The maximum absolute atomic E-state index is 5.95. The SMILES string of the molecule is Cc1ccc(C(CN)C2CCCNC2)cc1. The van der Waals surface area contributed by atoms with Crippen molar-refractivity contribution in [2.45, 2.75) is 25.7 Å². The molecule has 1 aliphatic rings. The molecule has 3 N–H and O–H groups in total. The van der Waals surface area contributed by atoms with Gasteiger partial charge in [0.05, 0.1) is 0 Å². The van der Waals surface area contributed by atoms with Gasteiger partial charge in [0, 0.05) is 5.92 Å². The van der Waals surface area contributed by atoms with Gasteiger partial charge in [0.1, 0.15) is 0 Å². The van der Waals surface area contributed by atoms with Crippen LogP contribution in [-0.2, 0) is 0 Å². The van der Waals surface area contributed by atoms with Crippen molar-refractivity contribution >= 4 is 0 Å². The Labute approximate surface area is 98.2 Å². The van der Waals surface area contributed by atoms with E-state index in [4.69, 9.17) is 5.73 Å². The molecule has 0 bridgehead atoms. The summed E-state index contributed by atoms with van der Waals surface area (Å²) in [5.41, 5.74) is 8.67. The van der Waals surface area contributed by atoms with E-state index >= 15 is 0 Å². The van der Waals surface area contributed by atoms with E-state index in [1.165, 1.54) is 30.5 Å². The minimum atomic E-state index is 0.522. The number of aryl methyl sites for hydroxylation is 1. The monoisotopic (exact) mass is 218 g/mol. The molecule has 2 heteroatoms. The van der Waals surface area contributed by atoms with E-state index in [0.29, 0.717) is 11.8 Å². The highest BCUT2D eigenvalue weighted by atomic mass is 14.9. The lowest BCUT2D eigenvalue weighted by Crippen LogP contribution is -2.35. The van der Waals surface area contributed by atoms with Crippen LogP contribution in [-0.4, -0.2) is 19.6 Å². The average Bonchev–Trinajstić information content (AvgIpc) is 2.34. The molecule has 1 aromatic rings. The Morgan fingerprint density at radius 1 is 1.38 bits per heavy atom. The normalized spacial score (nSPS) is 23.0. The lowest BCUT2D eigenvalue weighted by Gasteiger charge is -2.30. The Bertz CT molecular complexity index is 312. The van der Waals surface area contributed by atoms with E-state index in [2.05, 4.69) is 36.5 Å². The number of hydrogen-bond acceptors (Lipinski definition) is 2. The van der Waals surface area contributed by atoms with Crippen molar-refractivity contribution in [2.24, 2.45) is 11.7 Å². The maximum Gasteiger partial charge on any atom is 0.000156 e. The summed E-state index contributed by atoms with van der Waals surface area (Å²) in [6.45, 7) is 5.18. The summed E-state index contributed by atoms with van der Waals surface area (Å²) in [6.07, 6.45) is 2.59. The van der Waals surface area contributed by atoms with Crippen LogP contribution < -0.4 is 11.1 Å². The fraction of sp³-hybridized carbons (Fsp3) is 0.571. The first-order chi connectivity index (χ1) is 7.81. The van der Waals surface area contributed by atoms with Crippen LogP contribution in [0.4, 0.5) is 0 Å². The van der Waals surface area contributed by atoms with Gasteiger partial charge in [-0.2, -0.15) is 0 Å². The summed E-state index contributed by atoms with van der Waals surface area (Å²) in [7, 11) is 0. The molecular weight excluding hydrogens is 196 g/mol. The second kappa shape index (κ2) is 5.46. The lowest BCUT2D eigenvalue weighted by atomic mass is 9.81. The van der Waals surface area contributed by atoms with E-state index in [-0.39, 0.29) is 0 Å². The number of nitrogens with two attached hydrogens (primary N) is 1. The minimum absolute atomic E-state index is 0.522. The van der Waals surface area contributed by atoms with Crippen molar-refractivity contribution in [1.29, 1.82) is 0 Å². The van der Waals surface area contributed by atoms with Gasteiger partial charge >= 0.3 is 0 Å². The number of rotatable bonds is 3. The largest absolute Gasteiger partial charge is 0.330 e. The zero-order chi connectivity index (χ0) is 11.4. The van der Waals surface area contributed by atoms with Crippen LogP contribution >= 0.6 is 0 Å². The quantitative estimate of drug-likeness (QED) is 0.814.